The van der Waals surface area contributed by atoms with Crippen LogP contribution in [-0.4, -0.2) is 13.1 Å². The fourth-order valence-electron chi connectivity index (χ4n) is 4.93. The molecule has 0 radical (unpaired) electrons. The Morgan fingerprint density at radius 1 is 0.953 bits per heavy atom. The summed E-state index contributed by atoms with van der Waals surface area (Å²) in [6, 6.07) is 30.3. The highest BCUT2D eigenvalue weighted by Gasteiger charge is 2.32. The molecule has 0 aliphatic carbocycles. The van der Waals surface area contributed by atoms with Gasteiger partial charge in [0.15, 0.2) is 11.5 Å². The Morgan fingerprint density at radius 3 is 2.53 bits per heavy atom. The number of carbonyl (C=O) groups is 1. The number of hydrogen-bond donors (Lipinski definition) is 1. The molecule has 5 aromatic rings. The van der Waals surface area contributed by atoms with E-state index >= 15 is 0 Å². The van der Waals surface area contributed by atoms with Crippen LogP contribution in [0.1, 0.15) is 33.0 Å². The largest absolute Gasteiger partial charge is 0.493 e. The zero-order chi connectivity index (χ0) is 29.9. The third-order valence-electron chi connectivity index (χ3n) is 7.02. The number of methoxy groups -OCH3 is 1. The molecule has 0 saturated heterocycles. The molecule has 2 heterocycles. The number of nitrogens with zero attached hydrogens (tertiary/aromatic N) is 1. The highest BCUT2D eigenvalue weighted by molar-refractivity contribution is 5.94. The number of carbonyl (C=O) groups excluding carboxylic acids is 1. The van der Waals surface area contributed by atoms with Crippen molar-refractivity contribution in [2.75, 3.05) is 7.11 Å². The summed E-state index contributed by atoms with van der Waals surface area (Å²) in [5, 5.41) is 10.6. The lowest BCUT2D eigenvalue weighted by Crippen LogP contribution is -2.22. The Hall–Kier alpha value is -6.01. The van der Waals surface area contributed by atoms with E-state index in [0.717, 1.165) is 5.56 Å². The predicted octanol–water partition coefficient (Wildman–Crippen LogP) is 5.82. The number of ether oxygens (including phenoxy) is 4. The topological polar surface area (TPSA) is 134 Å². The smallest absolute Gasteiger partial charge is 0.351 e. The number of hydrogen-bond acceptors (Lipinski definition) is 9. The molecule has 1 aliphatic heterocycles. The Labute approximate surface area is 245 Å². The van der Waals surface area contributed by atoms with Gasteiger partial charge in [-0.05, 0) is 41.5 Å². The predicted molar refractivity (Wildman–Crippen MR) is 157 cm³/mol. The maximum Gasteiger partial charge on any atom is 0.351 e. The molecular formula is C34H24N2O7. The first-order valence-corrected chi connectivity index (χ1v) is 13.3. The van der Waals surface area contributed by atoms with E-state index in [1.807, 2.05) is 36.4 Å². The van der Waals surface area contributed by atoms with Gasteiger partial charge >= 0.3 is 11.6 Å². The van der Waals surface area contributed by atoms with Crippen LogP contribution in [0.25, 0.3) is 11.0 Å². The summed E-state index contributed by atoms with van der Waals surface area (Å²) in [4.78, 5) is 25.4. The molecule has 0 fully saturated rings. The molecule has 43 heavy (non-hydrogen) atoms. The molecule has 6 rings (SSSR count). The van der Waals surface area contributed by atoms with Crippen LogP contribution >= 0.6 is 0 Å². The van der Waals surface area contributed by atoms with Crippen molar-refractivity contribution >= 4 is 16.9 Å². The molecule has 0 spiro atoms. The standard InChI is InChI=1S/C34H24N2O7/c1-39-30-16-22(11-14-28(30)40-19-20-7-3-2-4-8-20)31-24-13-12-23(17-29(24)42-32(36)26(31)18-35)41-33(37)25-15-21-9-5-6-10-27(21)43-34(25)38/h2-17,31H,19,36H2,1H3. The number of rotatable bonds is 7. The molecule has 9 nitrogen and oxygen atoms in total. The fraction of sp³-hybridized carbons (Fsp3) is 0.0882. The second-order valence-corrected chi connectivity index (χ2v) is 9.68. The van der Waals surface area contributed by atoms with Gasteiger partial charge in [-0.3, -0.25) is 0 Å². The number of benzene rings is 4. The molecule has 9 heteroatoms. The van der Waals surface area contributed by atoms with Crippen molar-refractivity contribution in [3.05, 3.63) is 141 Å². The molecule has 2 N–H and O–H groups in total. The van der Waals surface area contributed by atoms with Gasteiger partial charge < -0.3 is 29.1 Å². The van der Waals surface area contributed by atoms with Crippen molar-refractivity contribution in [2.24, 2.45) is 5.73 Å². The van der Waals surface area contributed by atoms with E-state index in [-0.39, 0.29) is 22.8 Å². The van der Waals surface area contributed by atoms with Crippen molar-refractivity contribution in [1.29, 1.82) is 5.26 Å². The van der Waals surface area contributed by atoms with Gasteiger partial charge in [-0.1, -0.05) is 60.7 Å². The molecule has 1 unspecified atom stereocenters. The molecular weight excluding hydrogens is 548 g/mol. The molecule has 1 atom stereocenters. The normalized spacial score (nSPS) is 13.9. The van der Waals surface area contributed by atoms with Crippen LogP contribution in [0.3, 0.4) is 0 Å². The Kier molecular flexibility index (Phi) is 7.25. The molecule has 212 valence electrons. The maximum atomic E-state index is 12.9. The van der Waals surface area contributed by atoms with Gasteiger partial charge in [-0.15, -0.1) is 0 Å². The Morgan fingerprint density at radius 2 is 1.74 bits per heavy atom. The number of para-hydroxylation sites is 1. The van der Waals surface area contributed by atoms with E-state index in [1.54, 1.807) is 55.6 Å². The van der Waals surface area contributed by atoms with Crippen LogP contribution in [-0.2, 0) is 6.61 Å². The highest BCUT2D eigenvalue weighted by Crippen LogP contribution is 2.45. The van der Waals surface area contributed by atoms with Crippen LogP contribution in [0.4, 0.5) is 0 Å². The second kappa shape index (κ2) is 11.5. The van der Waals surface area contributed by atoms with E-state index in [9.17, 15) is 14.9 Å². The number of esters is 1. The van der Waals surface area contributed by atoms with Crippen LogP contribution < -0.4 is 30.3 Å². The first kappa shape index (κ1) is 27.2. The van der Waals surface area contributed by atoms with E-state index in [4.69, 9.17) is 29.1 Å². The summed E-state index contributed by atoms with van der Waals surface area (Å²) in [6.07, 6.45) is 0. The molecule has 4 aromatic carbocycles. The quantitative estimate of drug-likeness (QED) is 0.145. The van der Waals surface area contributed by atoms with E-state index in [1.165, 1.54) is 12.1 Å². The number of nitrogens with two attached hydrogens (primary N) is 1. The first-order chi connectivity index (χ1) is 20.9. The van der Waals surface area contributed by atoms with Crippen molar-refractivity contribution in [3.63, 3.8) is 0 Å². The van der Waals surface area contributed by atoms with E-state index in [0.29, 0.717) is 46.0 Å². The summed E-state index contributed by atoms with van der Waals surface area (Å²) < 4.78 is 28.1. The van der Waals surface area contributed by atoms with Gasteiger partial charge in [0.1, 0.15) is 40.9 Å². The van der Waals surface area contributed by atoms with Crippen molar-refractivity contribution in [2.45, 2.75) is 12.5 Å². The maximum absolute atomic E-state index is 12.9. The number of fused-ring (bicyclic) bond motifs is 2. The summed E-state index contributed by atoms with van der Waals surface area (Å²) in [7, 11) is 1.54. The number of nitriles is 1. The minimum absolute atomic E-state index is 0.0815. The van der Waals surface area contributed by atoms with Gasteiger partial charge in [-0.2, -0.15) is 5.26 Å². The van der Waals surface area contributed by atoms with Crippen LogP contribution in [0.5, 0.6) is 23.0 Å². The lowest BCUT2D eigenvalue weighted by Gasteiger charge is -2.27. The van der Waals surface area contributed by atoms with E-state index in [2.05, 4.69) is 6.07 Å². The molecule has 0 saturated carbocycles. The summed E-state index contributed by atoms with van der Waals surface area (Å²) >= 11 is 0. The summed E-state index contributed by atoms with van der Waals surface area (Å²) in [5.41, 5.74) is 8.04. The lowest BCUT2D eigenvalue weighted by molar-refractivity contribution is 0.0730. The average Bonchev–Trinajstić information content (AvgIpc) is 3.03. The monoisotopic (exact) mass is 572 g/mol. The SMILES string of the molecule is COc1cc(C2C(C#N)=C(N)Oc3cc(OC(=O)c4cc5ccccc5oc4=O)ccc32)ccc1OCc1ccccc1. The zero-order valence-electron chi connectivity index (χ0n) is 22.9. The van der Waals surface area contributed by atoms with Gasteiger partial charge in [0, 0.05) is 17.0 Å². The molecule has 1 aromatic heterocycles. The van der Waals surface area contributed by atoms with E-state index < -0.39 is 17.5 Å². The van der Waals surface area contributed by atoms with Crippen molar-refractivity contribution in [1.82, 2.24) is 0 Å². The Balaban J connectivity index is 1.29. The van der Waals surface area contributed by atoms with Gasteiger partial charge in [0.2, 0.25) is 5.88 Å². The summed E-state index contributed by atoms with van der Waals surface area (Å²) in [5.74, 6) is -0.129. The third kappa shape index (κ3) is 5.37. The molecule has 0 bridgehead atoms. The van der Waals surface area contributed by atoms with Crippen molar-refractivity contribution < 1.29 is 28.2 Å². The van der Waals surface area contributed by atoms with Crippen LogP contribution in [0, 0.1) is 11.3 Å². The highest BCUT2D eigenvalue weighted by atomic mass is 16.5. The zero-order valence-corrected chi connectivity index (χ0v) is 22.9. The second-order valence-electron chi connectivity index (χ2n) is 9.68. The molecule has 0 amide bonds. The van der Waals surface area contributed by atoms with Crippen LogP contribution in [0.2, 0.25) is 0 Å². The van der Waals surface area contributed by atoms with Crippen molar-refractivity contribution in [3.8, 4) is 29.1 Å². The molecule has 1 aliphatic rings. The first-order valence-electron chi connectivity index (χ1n) is 13.3. The van der Waals surface area contributed by atoms with Gasteiger partial charge in [-0.25, -0.2) is 9.59 Å². The average molecular weight is 573 g/mol. The minimum Gasteiger partial charge on any atom is -0.493 e. The third-order valence-corrected chi connectivity index (χ3v) is 7.02. The summed E-state index contributed by atoms with van der Waals surface area (Å²) in [6.45, 7) is 0.357. The Bertz CT molecular complexity index is 1990. The fourth-order valence-corrected chi connectivity index (χ4v) is 4.93. The van der Waals surface area contributed by atoms with Gasteiger partial charge in [0.05, 0.1) is 13.0 Å². The lowest BCUT2D eigenvalue weighted by atomic mass is 9.83. The van der Waals surface area contributed by atoms with Crippen LogP contribution in [0.15, 0.2) is 118 Å². The minimum atomic E-state index is -0.885. The van der Waals surface area contributed by atoms with Gasteiger partial charge in [0.25, 0.3) is 0 Å². The number of allylic oxidation sites excluding steroid dienone is 1.